The van der Waals surface area contributed by atoms with E-state index in [1.165, 1.54) is 18.4 Å². The Kier molecular flexibility index (Phi) is 5.18. The third kappa shape index (κ3) is 4.89. The maximum Gasteiger partial charge on any atom is 0.240 e. The molecule has 1 aliphatic carbocycles. The lowest BCUT2D eigenvalue weighted by Crippen LogP contribution is -2.30. The van der Waals surface area contributed by atoms with Crippen LogP contribution in [-0.2, 0) is 16.4 Å². The molecule has 112 valence electrons. The van der Waals surface area contributed by atoms with E-state index in [0.717, 1.165) is 25.4 Å². The van der Waals surface area contributed by atoms with E-state index in [-0.39, 0.29) is 6.04 Å². The van der Waals surface area contributed by atoms with Crippen molar-refractivity contribution in [2.75, 3.05) is 6.54 Å². The predicted molar refractivity (Wildman–Crippen MR) is 81.2 cm³/mol. The van der Waals surface area contributed by atoms with E-state index in [0.29, 0.717) is 4.90 Å². The average Bonchev–Trinajstić information content (AvgIpc) is 3.18. The van der Waals surface area contributed by atoms with Gasteiger partial charge in [0.1, 0.15) is 0 Å². The Morgan fingerprint density at radius 1 is 1.20 bits per heavy atom. The largest absolute Gasteiger partial charge is 0.314 e. The number of sulfonamides is 1. The van der Waals surface area contributed by atoms with Crippen molar-refractivity contribution in [1.29, 1.82) is 0 Å². The van der Waals surface area contributed by atoms with Crippen molar-refractivity contribution in [2.24, 2.45) is 0 Å². The molecule has 0 amide bonds. The molecular weight excluding hydrogens is 272 g/mol. The highest BCUT2D eigenvalue weighted by atomic mass is 32.2. The molecule has 5 heteroatoms. The SMILES string of the molecule is CC(C)NS(=O)(=O)c1ccc(CCCNC2CC2)cc1. The smallest absolute Gasteiger partial charge is 0.240 e. The molecule has 2 rings (SSSR count). The van der Waals surface area contributed by atoms with Crippen molar-refractivity contribution < 1.29 is 8.42 Å². The van der Waals surface area contributed by atoms with Gasteiger partial charge in [0.2, 0.25) is 10.0 Å². The normalized spacial score (nSPS) is 15.8. The van der Waals surface area contributed by atoms with Crippen molar-refractivity contribution in [3.63, 3.8) is 0 Å². The lowest BCUT2D eigenvalue weighted by atomic mass is 10.1. The molecule has 0 unspecified atom stereocenters. The Bertz CT molecular complexity index is 519. The van der Waals surface area contributed by atoms with Crippen molar-refractivity contribution in [2.45, 2.75) is 56.5 Å². The number of benzene rings is 1. The van der Waals surface area contributed by atoms with Gasteiger partial charge in [-0.05, 0) is 63.8 Å². The zero-order valence-electron chi connectivity index (χ0n) is 12.2. The van der Waals surface area contributed by atoms with Crippen LogP contribution in [0.3, 0.4) is 0 Å². The van der Waals surface area contributed by atoms with Crippen LogP contribution in [0.1, 0.15) is 38.7 Å². The van der Waals surface area contributed by atoms with Gasteiger partial charge in [0.15, 0.2) is 0 Å². The summed E-state index contributed by atoms with van der Waals surface area (Å²) in [7, 11) is -3.37. The predicted octanol–water partition coefficient (Wildman–Crippen LogP) is 2.06. The van der Waals surface area contributed by atoms with Crippen LogP contribution in [-0.4, -0.2) is 27.0 Å². The first kappa shape index (κ1) is 15.5. The molecule has 2 N–H and O–H groups in total. The fourth-order valence-corrected chi connectivity index (χ4v) is 3.35. The van der Waals surface area contributed by atoms with Crippen LogP contribution in [0.5, 0.6) is 0 Å². The third-order valence-electron chi connectivity index (χ3n) is 3.28. The zero-order chi connectivity index (χ0) is 14.6. The van der Waals surface area contributed by atoms with E-state index in [1.54, 1.807) is 12.1 Å². The zero-order valence-corrected chi connectivity index (χ0v) is 13.0. The van der Waals surface area contributed by atoms with Gasteiger partial charge in [0, 0.05) is 12.1 Å². The van der Waals surface area contributed by atoms with Crippen LogP contribution >= 0.6 is 0 Å². The van der Waals surface area contributed by atoms with E-state index in [4.69, 9.17) is 0 Å². The highest BCUT2D eigenvalue weighted by Gasteiger charge is 2.19. The third-order valence-corrected chi connectivity index (χ3v) is 4.95. The summed E-state index contributed by atoms with van der Waals surface area (Å²) in [6.07, 6.45) is 4.70. The summed E-state index contributed by atoms with van der Waals surface area (Å²) >= 11 is 0. The minimum absolute atomic E-state index is 0.0897. The summed E-state index contributed by atoms with van der Waals surface area (Å²) in [5.74, 6) is 0. The molecule has 1 aliphatic rings. The molecule has 0 aliphatic heterocycles. The summed E-state index contributed by atoms with van der Waals surface area (Å²) < 4.78 is 26.5. The molecule has 4 nitrogen and oxygen atoms in total. The minimum atomic E-state index is -3.37. The highest BCUT2D eigenvalue weighted by molar-refractivity contribution is 7.89. The fraction of sp³-hybridized carbons (Fsp3) is 0.600. The molecule has 1 fully saturated rings. The van der Waals surface area contributed by atoms with Crippen LogP contribution in [0.2, 0.25) is 0 Å². The first-order valence-corrected chi connectivity index (χ1v) is 8.80. The van der Waals surface area contributed by atoms with E-state index in [2.05, 4.69) is 10.0 Å². The van der Waals surface area contributed by atoms with Crippen LogP contribution in [0, 0.1) is 0 Å². The summed E-state index contributed by atoms with van der Waals surface area (Å²) in [6.45, 7) is 4.68. The van der Waals surface area contributed by atoms with E-state index < -0.39 is 10.0 Å². The average molecular weight is 296 g/mol. The Morgan fingerprint density at radius 3 is 2.40 bits per heavy atom. The lowest BCUT2D eigenvalue weighted by Gasteiger charge is -2.10. The number of aryl methyl sites for hydroxylation is 1. The van der Waals surface area contributed by atoms with Gasteiger partial charge in [-0.15, -0.1) is 0 Å². The van der Waals surface area contributed by atoms with Gasteiger partial charge in [-0.1, -0.05) is 12.1 Å². The van der Waals surface area contributed by atoms with E-state index in [1.807, 2.05) is 26.0 Å². The Labute approximate surface area is 122 Å². The molecule has 0 radical (unpaired) electrons. The van der Waals surface area contributed by atoms with Gasteiger partial charge < -0.3 is 5.32 Å². The van der Waals surface area contributed by atoms with Crippen molar-refractivity contribution in [1.82, 2.24) is 10.0 Å². The number of rotatable bonds is 8. The van der Waals surface area contributed by atoms with E-state index >= 15 is 0 Å². The summed E-state index contributed by atoms with van der Waals surface area (Å²) in [5, 5.41) is 3.48. The fourth-order valence-electron chi connectivity index (χ4n) is 2.10. The van der Waals surface area contributed by atoms with Crippen molar-refractivity contribution in [3.05, 3.63) is 29.8 Å². The second-order valence-electron chi connectivity index (χ2n) is 5.75. The molecule has 0 atom stereocenters. The highest BCUT2D eigenvalue weighted by Crippen LogP contribution is 2.18. The molecule has 0 spiro atoms. The van der Waals surface area contributed by atoms with Crippen LogP contribution in [0.4, 0.5) is 0 Å². The number of nitrogens with one attached hydrogen (secondary N) is 2. The second-order valence-corrected chi connectivity index (χ2v) is 7.47. The van der Waals surface area contributed by atoms with Gasteiger partial charge in [-0.2, -0.15) is 0 Å². The second kappa shape index (κ2) is 6.70. The quantitative estimate of drug-likeness (QED) is 0.722. The van der Waals surface area contributed by atoms with Crippen LogP contribution in [0.15, 0.2) is 29.2 Å². The number of hydrogen-bond acceptors (Lipinski definition) is 3. The van der Waals surface area contributed by atoms with Gasteiger partial charge in [-0.25, -0.2) is 13.1 Å². The number of hydrogen-bond donors (Lipinski definition) is 2. The lowest BCUT2D eigenvalue weighted by molar-refractivity contribution is 0.570. The maximum absolute atomic E-state index is 12.0. The molecular formula is C15H24N2O2S. The maximum atomic E-state index is 12.0. The minimum Gasteiger partial charge on any atom is -0.314 e. The summed E-state index contributed by atoms with van der Waals surface area (Å²) in [4.78, 5) is 0.339. The van der Waals surface area contributed by atoms with Gasteiger partial charge in [-0.3, -0.25) is 0 Å². The monoisotopic (exact) mass is 296 g/mol. The standard InChI is InChI=1S/C15H24N2O2S/c1-12(2)17-20(18,19)15-9-5-13(6-10-15)4-3-11-16-14-7-8-14/h5-6,9-10,12,14,16-17H,3-4,7-8,11H2,1-2H3. The molecule has 20 heavy (non-hydrogen) atoms. The Balaban J connectivity index is 1.85. The molecule has 0 bridgehead atoms. The summed E-state index contributed by atoms with van der Waals surface area (Å²) in [6, 6.07) is 7.86. The molecule has 1 aromatic carbocycles. The topological polar surface area (TPSA) is 58.2 Å². The molecule has 0 saturated heterocycles. The van der Waals surface area contributed by atoms with Gasteiger partial charge in [0.25, 0.3) is 0 Å². The first-order valence-electron chi connectivity index (χ1n) is 7.32. The van der Waals surface area contributed by atoms with Crippen LogP contribution in [0.25, 0.3) is 0 Å². The van der Waals surface area contributed by atoms with Gasteiger partial charge in [0.05, 0.1) is 4.90 Å². The van der Waals surface area contributed by atoms with Gasteiger partial charge >= 0.3 is 0 Å². The summed E-state index contributed by atoms with van der Waals surface area (Å²) in [5.41, 5.74) is 1.19. The molecule has 1 saturated carbocycles. The van der Waals surface area contributed by atoms with Crippen molar-refractivity contribution in [3.8, 4) is 0 Å². The van der Waals surface area contributed by atoms with E-state index in [9.17, 15) is 8.42 Å². The Hall–Kier alpha value is -0.910. The van der Waals surface area contributed by atoms with Crippen molar-refractivity contribution >= 4 is 10.0 Å². The Morgan fingerprint density at radius 2 is 1.85 bits per heavy atom. The molecule has 0 aromatic heterocycles. The first-order chi connectivity index (χ1) is 9.47. The molecule has 0 heterocycles. The van der Waals surface area contributed by atoms with Crippen LogP contribution < -0.4 is 10.0 Å². The molecule has 1 aromatic rings.